The maximum atomic E-state index is 12.3. The Morgan fingerprint density at radius 2 is 1.30 bits per heavy atom. The highest BCUT2D eigenvalue weighted by Gasteiger charge is 2.09. The van der Waals surface area contributed by atoms with E-state index in [-0.39, 0.29) is 18.4 Å². The highest BCUT2D eigenvalue weighted by atomic mass is 79.9. The van der Waals surface area contributed by atoms with Crippen LogP contribution in [0.25, 0.3) is 11.1 Å². The second-order valence-electron chi connectivity index (χ2n) is 7.25. The van der Waals surface area contributed by atoms with Crippen LogP contribution in [0, 0.1) is 0 Å². The van der Waals surface area contributed by atoms with Crippen molar-refractivity contribution >= 4 is 39.1 Å². The summed E-state index contributed by atoms with van der Waals surface area (Å²) in [5.41, 5.74) is 3.99. The molecule has 0 aliphatic rings. The van der Waals surface area contributed by atoms with Crippen LogP contribution in [0.1, 0.15) is 10.4 Å². The summed E-state index contributed by atoms with van der Waals surface area (Å²) in [6.07, 6.45) is 0. The van der Waals surface area contributed by atoms with E-state index in [9.17, 15) is 9.59 Å². The molecule has 0 saturated carbocycles. The molecule has 0 aliphatic carbocycles. The van der Waals surface area contributed by atoms with Crippen LogP contribution in [0.15, 0.2) is 108 Å². The molecule has 0 saturated heterocycles. The molecule has 0 radical (unpaired) electrons. The van der Waals surface area contributed by atoms with Crippen molar-refractivity contribution in [1.82, 2.24) is 0 Å². The van der Waals surface area contributed by atoms with Crippen LogP contribution in [0.4, 0.5) is 11.4 Å². The lowest BCUT2D eigenvalue weighted by Gasteiger charge is -2.11. The van der Waals surface area contributed by atoms with Gasteiger partial charge in [-0.3, -0.25) is 9.59 Å². The van der Waals surface area contributed by atoms with Crippen molar-refractivity contribution in [3.63, 3.8) is 0 Å². The molecule has 0 aromatic heterocycles. The normalized spacial score (nSPS) is 10.3. The van der Waals surface area contributed by atoms with Crippen molar-refractivity contribution in [3.05, 3.63) is 113 Å². The Hall–Kier alpha value is -3.90. The first-order valence-corrected chi connectivity index (χ1v) is 11.1. The Morgan fingerprint density at radius 1 is 0.697 bits per heavy atom. The lowest BCUT2D eigenvalue weighted by atomic mass is 10.1. The van der Waals surface area contributed by atoms with Gasteiger partial charge in [-0.2, -0.15) is 0 Å². The number of nitrogens with one attached hydrogen (secondary N) is 2. The first-order chi connectivity index (χ1) is 16.1. The van der Waals surface area contributed by atoms with Gasteiger partial charge in [0, 0.05) is 16.9 Å². The van der Waals surface area contributed by atoms with Gasteiger partial charge < -0.3 is 15.4 Å². The zero-order chi connectivity index (χ0) is 23.0. The van der Waals surface area contributed by atoms with Crippen LogP contribution in [-0.4, -0.2) is 18.4 Å². The molecule has 0 unspecified atom stereocenters. The van der Waals surface area contributed by atoms with Gasteiger partial charge in [0.25, 0.3) is 11.8 Å². The number of hydrogen-bond acceptors (Lipinski definition) is 3. The Labute approximate surface area is 200 Å². The predicted octanol–water partition coefficient (Wildman–Crippen LogP) is 6.39. The Balaban J connectivity index is 1.30. The van der Waals surface area contributed by atoms with E-state index in [2.05, 4.69) is 26.6 Å². The molecule has 0 aliphatic heterocycles. The van der Waals surface area contributed by atoms with E-state index in [1.54, 1.807) is 36.4 Å². The zero-order valence-electron chi connectivity index (χ0n) is 17.6. The lowest BCUT2D eigenvalue weighted by Crippen LogP contribution is -2.20. The number of halogens is 1. The van der Waals surface area contributed by atoms with Crippen molar-refractivity contribution in [2.75, 3.05) is 17.2 Å². The molecule has 2 N–H and O–H groups in total. The van der Waals surface area contributed by atoms with E-state index in [1.165, 1.54) is 0 Å². The molecule has 164 valence electrons. The maximum absolute atomic E-state index is 12.3. The van der Waals surface area contributed by atoms with Crippen molar-refractivity contribution in [2.45, 2.75) is 0 Å². The number of rotatable bonds is 7. The fourth-order valence-electron chi connectivity index (χ4n) is 3.20. The summed E-state index contributed by atoms with van der Waals surface area (Å²) in [4.78, 5) is 24.5. The molecule has 6 heteroatoms. The standard InChI is InChI=1S/C27H21BrN2O3/c28-24-17-21(19-7-3-1-4-8-19)11-16-25(24)33-18-26(31)29-22-12-14-23(15-13-22)30-27(32)20-9-5-2-6-10-20/h1-17H,18H2,(H,29,31)(H,30,32). The Bertz CT molecular complexity index is 1240. The van der Waals surface area contributed by atoms with Gasteiger partial charge in [0.05, 0.1) is 4.47 Å². The first-order valence-electron chi connectivity index (χ1n) is 10.3. The van der Waals surface area contributed by atoms with Gasteiger partial charge in [-0.25, -0.2) is 0 Å². The number of hydrogen-bond donors (Lipinski definition) is 2. The van der Waals surface area contributed by atoms with Gasteiger partial charge >= 0.3 is 0 Å². The molecule has 4 aromatic rings. The number of carbonyl (C=O) groups is 2. The SMILES string of the molecule is O=C(COc1ccc(-c2ccccc2)cc1Br)Nc1ccc(NC(=O)c2ccccc2)cc1. The zero-order valence-corrected chi connectivity index (χ0v) is 19.2. The molecule has 0 spiro atoms. The van der Waals surface area contributed by atoms with Crippen LogP contribution < -0.4 is 15.4 Å². The van der Waals surface area contributed by atoms with E-state index in [0.29, 0.717) is 22.7 Å². The summed E-state index contributed by atoms with van der Waals surface area (Å²) in [7, 11) is 0. The third kappa shape index (κ3) is 6.08. The van der Waals surface area contributed by atoms with Gasteiger partial charge in [0.15, 0.2) is 6.61 Å². The average Bonchev–Trinajstić information content (AvgIpc) is 2.85. The molecule has 2 amide bonds. The second kappa shape index (κ2) is 10.6. The fraction of sp³-hybridized carbons (Fsp3) is 0.0370. The quantitative estimate of drug-likeness (QED) is 0.309. The summed E-state index contributed by atoms with van der Waals surface area (Å²) in [5.74, 6) is 0.114. The highest BCUT2D eigenvalue weighted by Crippen LogP contribution is 2.30. The number of ether oxygens (including phenoxy) is 1. The summed E-state index contributed by atoms with van der Waals surface area (Å²) >= 11 is 3.51. The average molecular weight is 501 g/mol. The summed E-state index contributed by atoms with van der Waals surface area (Å²) < 4.78 is 6.44. The minimum Gasteiger partial charge on any atom is -0.483 e. The predicted molar refractivity (Wildman–Crippen MR) is 135 cm³/mol. The summed E-state index contributed by atoms with van der Waals surface area (Å²) in [5, 5.41) is 5.62. The van der Waals surface area contributed by atoms with Crippen molar-refractivity contribution in [3.8, 4) is 16.9 Å². The van der Waals surface area contributed by atoms with Crippen LogP contribution in [0.2, 0.25) is 0 Å². The third-order valence-electron chi connectivity index (χ3n) is 4.86. The summed E-state index contributed by atoms with van der Waals surface area (Å²) in [6.45, 7) is -0.129. The molecule has 0 heterocycles. The van der Waals surface area contributed by atoms with Gasteiger partial charge in [0.2, 0.25) is 0 Å². The first kappa shape index (κ1) is 22.3. The van der Waals surface area contributed by atoms with E-state index >= 15 is 0 Å². The molecule has 0 atom stereocenters. The third-order valence-corrected chi connectivity index (χ3v) is 5.48. The van der Waals surface area contributed by atoms with Crippen LogP contribution in [0.3, 0.4) is 0 Å². The fourth-order valence-corrected chi connectivity index (χ4v) is 3.69. The minimum absolute atomic E-state index is 0.129. The molecule has 0 fully saturated rings. The van der Waals surface area contributed by atoms with Crippen LogP contribution >= 0.6 is 15.9 Å². The van der Waals surface area contributed by atoms with Crippen LogP contribution in [0.5, 0.6) is 5.75 Å². The molecular weight excluding hydrogens is 480 g/mol. The van der Waals surface area contributed by atoms with Crippen molar-refractivity contribution < 1.29 is 14.3 Å². The van der Waals surface area contributed by atoms with E-state index in [1.807, 2.05) is 66.7 Å². The van der Waals surface area contributed by atoms with Crippen molar-refractivity contribution in [2.24, 2.45) is 0 Å². The smallest absolute Gasteiger partial charge is 0.262 e. The number of anilines is 2. The molecule has 0 bridgehead atoms. The molecule has 5 nitrogen and oxygen atoms in total. The maximum Gasteiger partial charge on any atom is 0.262 e. The molecular formula is C27H21BrN2O3. The van der Waals surface area contributed by atoms with Crippen LogP contribution in [-0.2, 0) is 4.79 Å². The highest BCUT2D eigenvalue weighted by molar-refractivity contribution is 9.10. The van der Waals surface area contributed by atoms with Gasteiger partial charge in [-0.15, -0.1) is 0 Å². The monoisotopic (exact) mass is 500 g/mol. The van der Waals surface area contributed by atoms with E-state index < -0.39 is 0 Å². The summed E-state index contributed by atoms with van der Waals surface area (Å²) in [6, 6.07) is 31.7. The van der Waals surface area contributed by atoms with E-state index in [0.717, 1.165) is 15.6 Å². The Morgan fingerprint density at radius 3 is 1.94 bits per heavy atom. The largest absolute Gasteiger partial charge is 0.483 e. The van der Waals surface area contributed by atoms with Gasteiger partial charge in [-0.05, 0) is 75.6 Å². The topological polar surface area (TPSA) is 67.4 Å². The van der Waals surface area contributed by atoms with Gasteiger partial charge in [0.1, 0.15) is 5.75 Å². The van der Waals surface area contributed by atoms with Gasteiger partial charge in [-0.1, -0.05) is 54.6 Å². The second-order valence-corrected chi connectivity index (χ2v) is 8.10. The number of benzene rings is 4. The molecule has 33 heavy (non-hydrogen) atoms. The number of carbonyl (C=O) groups excluding carboxylic acids is 2. The minimum atomic E-state index is -0.282. The van der Waals surface area contributed by atoms with E-state index in [4.69, 9.17) is 4.74 Å². The van der Waals surface area contributed by atoms with Crippen molar-refractivity contribution in [1.29, 1.82) is 0 Å². The molecule has 4 aromatic carbocycles. The number of amides is 2. The Kier molecular flexibility index (Phi) is 7.17. The lowest BCUT2D eigenvalue weighted by molar-refractivity contribution is -0.118. The molecule has 4 rings (SSSR count).